The average molecular weight is 246 g/mol. The molecule has 1 nitrogen and oxygen atoms in total. The maximum atomic E-state index is 5.86. The summed E-state index contributed by atoms with van der Waals surface area (Å²) >= 11 is 5.52. The van der Waals surface area contributed by atoms with Crippen molar-refractivity contribution in [2.45, 2.75) is 32.2 Å². The van der Waals surface area contributed by atoms with Crippen molar-refractivity contribution in [2.75, 3.05) is 0 Å². The Bertz CT molecular complexity index is 304. The van der Waals surface area contributed by atoms with E-state index >= 15 is 0 Å². The molecule has 66 valence electrons. The van der Waals surface area contributed by atoms with Gasteiger partial charge in [-0.25, -0.2) is 0 Å². The predicted molar refractivity (Wildman–Crippen MR) is 56.6 cm³/mol. The minimum atomic E-state index is 0.176. The van der Waals surface area contributed by atoms with Crippen LogP contribution in [0.3, 0.4) is 0 Å². The minimum Gasteiger partial charge on any atom is -0.323 e. The molecule has 0 aliphatic heterocycles. The molecule has 1 aliphatic carbocycles. The van der Waals surface area contributed by atoms with E-state index in [4.69, 9.17) is 5.73 Å². The maximum absolute atomic E-state index is 5.86. The molecule has 0 saturated heterocycles. The Balaban J connectivity index is 2.47. The molecule has 0 aromatic carbocycles. The zero-order valence-electron chi connectivity index (χ0n) is 7.06. The van der Waals surface area contributed by atoms with E-state index in [9.17, 15) is 0 Å². The molecule has 2 rings (SSSR count). The summed E-state index contributed by atoms with van der Waals surface area (Å²) in [4.78, 5) is 2.87. The molecule has 1 heterocycles. The summed E-state index contributed by atoms with van der Waals surface area (Å²) in [5.74, 6) is 0. The fourth-order valence-electron chi connectivity index (χ4n) is 1.68. The van der Waals surface area contributed by atoms with Gasteiger partial charge < -0.3 is 5.73 Å². The number of nitrogens with two attached hydrogens (primary N) is 1. The van der Waals surface area contributed by atoms with Crippen molar-refractivity contribution >= 4 is 27.3 Å². The zero-order chi connectivity index (χ0) is 8.72. The fraction of sp³-hybridized carbons (Fsp3) is 0.556. The Morgan fingerprint density at radius 1 is 1.50 bits per heavy atom. The summed E-state index contributed by atoms with van der Waals surface area (Å²) < 4.78 is 1.29. The Hall–Kier alpha value is 0.140. The molecule has 2 N–H and O–H groups in total. The van der Waals surface area contributed by atoms with Gasteiger partial charge in [0, 0.05) is 20.3 Å². The van der Waals surface area contributed by atoms with E-state index in [1.54, 1.807) is 4.88 Å². The smallest absolute Gasteiger partial charge is 0.0372 e. The van der Waals surface area contributed by atoms with Gasteiger partial charge in [0.2, 0.25) is 0 Å². The van der Waals surface area contributed by atoms with Crippen LogP contribution in [0.2, 0.25) is 0 Å². The second kappa shape index (κ2) is 3.13. The van der Waals surface area contributed by atoms with E-state index < -0.39 is 0 Å². The van der Waals surface area contributed by atoms with Crippen LogP contribution in [-0.4, -0.2) is 0 Å². The summed E-state index contributed by atoms with van der Waals surface area (Å²) in [6.45, 7) is 2.05. The van der Waals surface area contributed by atoms with Crippen LogP contribution in [0.4, 0.5) is 0 Å². The Labute approximate surface area is 85.1 Å². The van der Waals surface area contributed by atoms with Gasteiger partial charge in [0.25, 0.3) is 0 Å². The molecule has 0 bridgehead atoms. The topological polar surface area (TPSA) is 26.0 Å². The molecule has 1 aromatic rings. The third-order valence-electron chi connectivity index (χ3n) is 2.30. The van der Waals surface area contributed by atoms with E-state index in [0.29, 0.717) is 0 Å². The fourth-order valence-corrected chi connectivity index (χ4v) is 4.09. The van der Waals surface area contributed by atoms with Crippen LogP contribution in [0.5, 0.6) is 0 Å². The quantitative estimate of drug-likeness (QED) is 0.809. The van der Waals surface area contributed by atoms with E-state index in [-0.39, 0.29) is 6.04 Å². The molecule has 12 heavy (non-hydrogen) atoms. The number of fused-ring (bicyclic) bond motifs is 1. The SMILES string of the molecule is CC(N)c1sc2c(c1Br)CCC2. The molecule has 0 amide bonds. The zero-order valence-corrected chi connectivity index (χ0v) is 9.46. The first-order valence-corrected chi connectivity index (χ1v) is 5.86. The van der Waals surface area contributed by atoms with Crippen LogP contribution in [0.1, 0.15) is 34.7 Å². The molecular weight excluding hydrogens is 234 g/mol. The van der Waals surface area contributed by atoms with Gasteiger partial charge in [-0.15, -0.1) is 11.3 Å². The molecule has 1 aliphatic rings. The second-order valence-corrected chi connectivity index (χ2v) is 5.25. The van der Waals surface area contributed by atoms with Crippen LogP contribution in [-0.2, 0) is 12.8 Å². The summed E-state index contributed by atoms with van der Waals surface area (Å²) in [6.07, 6.45) is 3.81. The molecule has 1 unspecified atom stereocenters. The normalized spacial score (nSPS) is 17.9. The summed E-state index contributed by atoms with van der Waals surface area (Å²) in [7, 11) is 0. The van der Waals surface area contributed by atoms with Gasteiger partial charge in [0.15, 0.2) is 0 Å². The number of rotatable bonds is 1. The van der Waals surface area contributed by atoms with Crippen LogP contribution in [0, 0.1) is 0 Å². The van der Waals surface area contributed by atoms with Crippen molar-refractivity contribution < 1.29 is 0 Å². The lowest BCUT2D eigenvalue weighted by Gasteiger charge is -2.02. The van der Waals surface area contributed by atoms with Crippen molar-refractivity contribution in [3.8, 4) is 0 Å². The van der Waals surface area contributed by atoms with Gasteiger partial charge in [-0.1, -0.05) is 0 Å². The van der Waals surface area contributed by atoms with E-state index in [0.717, 1.165) is 0 Å². The third kappa shape index (κ3) is 1.24. The molecule has 0 fully saturated rings. The van der Waals surface area contributed by atoms with Gasteiger partial charge in [-0.05, 0) is 47.7 Å². The van der Waals surface area contributed by atoms with Crippen LogP contribution in [0.25, 0.3) is 0 Å². The van der Waals surface area contributed by atoms with Crippen LogP contribution in [0.15, 0.2) is 4.47 Å². The van der Waals surface area contributed by atoms with Crippen molar-refractivity contribution in [3.05, 3.63) is 19.8 Å². The van der Waals surface area contributed by atoms with Gasteiger partial charge in [-0.2, -0.15) is 0 Å². The molecule has 1 aromatic heterocycles. The van der Waals surface area contributed by atoms with Crippen LogP contribution < -0.4 is 5.73 Å². The predicted octanol–water partition coefficient (Wildman–Crippen LogP) is 3.02. The number of hydrogen-bond donors (Lipinski definition) is 1. The highest BCUT2D eigenvalue weighted by molar-refractivity contribution is 9.10. The lowest BCUT2D eigenvalue weighted by atomic mass is 10.2. The van der Waals surface area contributed by atoms with Gasteiger partial charge in [0.05, 0.1) is 0 Å². The van der Waals surface area contributed by atoms with Crippen molar-refractivity contribution in [3.63, 3.8) is 0 Å². The molecule has 1 atom stereocenters. The molecule has 3 heteroatoms. The van der Waals surface area contributed by atoms with Gasteiger partial charge in [-0.3, -0.25) is 0 Å². The summed E-state index contributed by atoms with van der Waals surface area (Å²) in [6, 6.07) is 0.176. The lowest BCUT2D eigenvalue weighted by Crippen LogP contribution is -2.03. The third-order valence-corrected chi connectivity index (χ3v) is 4.96. The molecular formula is C9H12BrNS. The van der Waals surface area contributed by atoms with Crippen molar-refractivity contribution in [2.24, 2.45) is 5.73 Å². The highest BCUT2D eigenvalue weighted by Gasteiger charge is 2.21. The van der Waals surface area contributed by atoms with E-state index in [2.05, 4.69) is 15.9 Å². The van der Waals surface area contributed by atoms with Gasteiger partial charge in [0.1, 0.15) is 0 Å². The first kappa shape index (κ1) is 8.73. The van der Waals surface area contributed by atoms with Crippen LogP contribution >= 0.6 is 27.3 Å². The van der Waals surface area contributed by atoms with Gasteiger partial charge >= 0.3 is 0 Å². The first-order valence-electron chi connectivity index (χ1n) is 4.25. The monoisotopic (exact) mass is 245 g/mol. The molecule has 0 saturated carbocycles. The highest BCUT2D eigenvalue weighted by Crippen LogP contribution is 2.40. The van der Waals surface area contributed by atoms with E-state index in [1.807, 2.05) is 18.3 Å². The minimum absolute atomic E-state index is 0.176. The average Bonchev–Trinajstić information content (AvgIpc) is 2.53. The first-order chi connectivity index (χ1) is 5.70. The number of halogens is 1. The largest absolute Gasteiger partial charge is 0.323 e. The number of thiophene rings is 1. The number of aryl methyl sites for hydroxylation is 1. The van der Waals surface area contributed by atoms with Crippen molar-refractivity contribution in [1.82, 2.24) is 0 Å². The molecule has 0 spiro atoms. The Morgan fingerprint density at radius 3 is 2.83 bits per heavy atom. The van der Waals surface area contributed by atoms with Crippen molar-refractivity contribution in [1.29, 1.82) is 0 Å². The summed E-state index contributed by atoms with van der Waals surface area (Å²) in [5.41, 5.74) is 7.38. The maximum Gasteiger partial charge on any atom is 0.0372 e. The Kier molecular flexibility index (Phi) is 2.27. The summed E-state index contributed by atoms with van der Waals surface area (Å²) in [5, 5.41) is 0. The molecule has 0 radical (unpaired) electrons. The Morgan fingerprint density at radius 2 is 2.25 bits per heavy atom. The number of hydrogen-bond acceptors (Lipinski definition) is 2. The second-order valence-electron chi connectivity index (χ2n) is 3.32. The van der Waals surface area contributed by atoms with E-state index in [1.165, 1.54) is 34.2 Å². The lowest BCUT2D eigenvalue weighted by molar-refractivity contribution is 0.828. The standard InChI is InChI=1S/C9H12BrNS/c1-5(11)9-8(10)6-3-2-4-7(6)12-9/h5H,2-4,11H2,1H3. The highest BCUT2D eigenvalue weighted by atomic mass is 79.9.